The van der Waals surface area contributed by atoms with Gasteiger partial charge in [0.2, 0.25) is 5.89 Å². The van der Waals surface area contributed by atoms with Crippen LogP contribution < -0.4 is 4.74 Å². The quantitative estimate of drug-likeness (QED) is 0.643. The van der Waals surface area contributed by atoms with Gasteiger partial charge in [0, 0.05) is 5.56 Å². The van der Waals surface area contributed by atoms with E-state index in [1.54, 1.807) is 30.5 Å². The van der Waals surface area contributed by atoms with E-state index >= 15 is 0 Å². The Morgan fingerprint density at radius 1 is 1.12 bits per heavy atom. The number of hydrogen-bond donors (Lipinski definition) is 0. The highest BCUT2D eigenvalue weighted by molar-refractivity contribution is 5.71. The topological polar surface area (TPSA) is 85.3 Å². The lowest BCUT2D eigenvalue weighted by molar-refractivity contribution is -0.148. The molecule has 0 atom stereocenters. The van der Waals surface area contributed by atoms with Gasteiger partial charge in [-0.1, -0.05) is 30.3 Å². The molecule has 1 aromatic heterocycles. The maximum Gasteiger partial charge on any atom is 0.344 e. The first-order valence-corrected chi connectivity index (χ1v) is 7.53. The zero-order valence-electron chi connectivity index (χ0n) is 13.2. The standard InChI is InChI=1S/C19H14N2O4/c20-10-14-6-8-16(9-7-14)23-13-19(22)24-12-18-21-11-17(25-18)15-4-2-1-3-5-15/h1-9,11H,12-13H2. The van der Waals surface area contributed by atoms with E-state index in [1.165, 1.54) is 0 Å². The minimum Gasteiger partial charge on any atom is -0.482 e. The number of benzene rings is 2. The van der Waals surface area contributed by atoms with E-state index in [-0.39, 0.29) is 13.2 Å². The van der Waals surface area contributed by atoms with E-state index in [0.717, 1.165) is 5.56 Å². The summed E-state index contributed by atoms with van der Waals surface area (Å²) in [5.41, 5.74) is 1.42. The number of carbonyl (C=O) groups excluding carboxylic acids is 1. The number of nitriles is 1. The van der Waals surface area contributed by atoms with Crippen molar-refractivity contribution in [2.45, 2.75) is 6.61 Å². The molecule has 6 heteroatoms. The van der Waals surface area contributed by atoms with Crippen molar-refractivity contribution in [3.05, 3.63) is 72.2 Å². The van der Waals surface area contributed by atoms with Crippen LogP contribution in [0.4, 0.5) is 0 Å². The minimum atomic E-state index is -0.538. The van der Waals surface area contributed by atoms with Gasteiger partial charge in [-0.3, -0.25) is 0 Å². The summed E-state index contributed by atoms with van der Waals surface area (Å²) < 4.78 is 15.9. The van der Waals surface area contributed by atoms with Gasteiger partial charge in [0.05, 0.1) is 17.8 Å². The number of hydrogen-bond acceptors (Lipinski definition) is 6. The summed E-state index contributed by atoms with van der Waals surface area (Å²) in [6.07, 6.45) is 1.59. The number of rotatable bonds is 6. The molecular formula is C19H14N2O4. The van der Waals surface area contributed by atoms with Crippen molar-refractivity contribution in [3.63, 3.8) is 0 Å². The van der Waals surface area contributed by atoms with Crippen LogP contribution in [0.3, 0.4) is 0 Å². The summed E-state index contributed by atoms with van der Waals surface area (Å²) in [4.78, 5) is 15.8. The number of oxazole rings is 1. The molecule has 3 aromatic rings. The third-order valence-corrected chi connectivity index (χ3v) is 3.31. The van der Waals surface area contributed by atoms with Crippen molar-refractivity contribution in [2.75, 3.05) is 6.61 Å². The summed E-state index contributed by atoms with van der Waals surface area (Å²) in [6, 6.07) is 18.0. The Labute approximate surface area is 144 Å². The van der Waals surface area contributed by atoms with E-state index in [1.807, 2.05) is 36.4 Å². The van der Waals surface area contributed by atoms with Crippen LogP contribution in [0.5, 0.6) is 5.75 Å². The summed E-state index contributed by atoms with van der Waals surface area (Å²) in [7, 11) is 0. The summed E-state index contributed by atoms with van der Waals surface area (Å²) in [6.45, 7) is -0.305. The van der Waals surface area contributed by atoms with Crippen molar-refractivity contribution in [1.82, 2.24) is 4.98 Å². The first-order chi connectivity index (χ1) is 12.2. The monoisotopic (exact) mass is 334 g/mol. The van der Waals surface area contributed by atoms with Crippen LogP contribution in [-0.2, 0) is 16.1 Å². The molecule has 6 nitrogen and oxygen atoms in total. The molecule has 2 aromatic carbocycles. The van der Waals surface area contributed by atoms with Crippen LogP contribution in [0.1, 0.15) is 11.5 Å². The second kappa shape index (κ2) is 7.79. The zero-order valence-corrected chi connectivity index (χ0v) is 13.2. The largest absolute Gasteiger partial charge is 0.482 e. The average Bonchev–Trinajstić information content (AvgIpc) is 3.15. The van der Waals surface area contributed by atoms with Gasteiger partial charge in [-0.05, 0) is 24.3 Å². The smallest absolute Gasteiger partial charge is 0.344 e. The van der Waals surface area contributed by atoms with Crippen LogP contribution in [0.2, 0.25) is 0 Å². The molecule has 3 rings (SSSR count). The van der Waals surface area contributed by atoms with Gasteiger partial charge in [-0.2, -0.15) is 5.26 Å². The first kappa shape index (κ1) is 16.3. The fourth-order valence-corrected chi connectivity index (χ4v) is 2.06. The lowest BCUT2D eigenvalue weighted by Gasteiger charge is -2.05. The van der Waals surface area contributed by atoms with E-state index in [4.69, 9.17) is 19.2 Å². The van der Waals surface area contributed by atoms with E-state index in [0.29, 0.717) is 23.0 Å². The Morgan fingerprint density at radius 3 is 2.60 bits per heavy atom. The minimum absolute atomic E-state index is 0.0671. The third-order valence-electron chi connectivity index (χ3n) is 3.31. The predicted octanol–water partition coefficient (Wildman–Crippen LogP) is 3.34. The molecule has 0 N–H and O–H groups in total. The Hall–Kier alpha value is -3.59. The summed E-state index contributed by atoms with van der Waals surface area (Å²) >= 11 is 0. The molecule has 0 saturated heterocycles. The van der Waals surface area contributed by atoms with Crippen molar-refractivity contribution >= 4 is 5.97 Å². The predicted molar refractivity (Wildman–Crippen MR) is 88.4 cm³/mol. The third kappa shape index (κ3) is 4.45. The molecule has 0 aliphatic carbocycles. The van der Waals surface area contributed by atoms with Crippen molar-refractivity contribution < 1.29 is 18.7 Å². The van der Waals surface area contributed by atoms with Gasteiger partial charge in [0.25, 0.3) is 0 Å². The molecule has 0 unspecified atom stereocenters. The van der Waals surface area contributed by atoms with E-state index < -0.39 is 5.97 Å². The first-order valence-electron chi connectivity index (χ1n) is 7.53. The lowest BCUT2D eigenvalue weighted by atomic mass is 10.2. The second-order valence-corrected chi connectivity index (χ2v) is 5.07. The summed E-state index contributed by atoms with van der Waals surface area (Å²) in [5, 5.41) is 8.72. The lowest BCUT2D eigenvalue weighted by Crippen LogP contribution is -2.14. The van der Waals surface area contributed by atoms with Gasteiger partial charge in [-0.25, -0.2) is 9.78 Å². The van der Waals surface area contributed by atoms with Crippen LogP contribution in [-0.4, -0.2) is 17.6 Å². The molecule has 0 fully saturated rings. The number of aromatic nitrogens is 1. The number of nitrogens with zero attached hydrogens (tertiary/aromatic N) is 2. The Balaban J connectivity index is 1.47. The van der Waals surface area contributed by atoms with Gasteiger partial charge < -0.3 is 13.9 Å². The maximum atomic E-state index is 11.7. The van der Waals surface area contributed by atoms with Crippen molar-refractivity contribution in [1.29, 1.82) is 5.26 Å². The SMILES string of the molecule is N#Cc1ccc(OCC(=O)OCc2ncc(-c3ccccc3)o2)cc1. The highest BCUT2D eigenvalue weighted by Gasteiger charge is 2.10. The molecule has 0 spiro atoms. The fraction of sp³-hybridized carbons (Fsp3) is 0.105. The highest BCUT2D eigenvalue weighted by Crippen LogP contribution is 2.20. The molecular weight excluding hydrogens is 320 g/mol. The van der Waals surface area contributed by atoms with Crippen LogP contribution in [0, 0.1) is 11.3 Å². The van der Waals surface area contributed by atoms with E-state index in [9.17, 15) is 4.79 Å². The molecule has 124 valence electrons. The van der Waals surface area contributed by atoms with Crippen LogP contribution in [0.15, 0.2) is 65.2 Å². The van der Waals surface area contributed by atoms with Crippen molar-refractivity contribution in [3.8, 4) is 23.1 Å². The normalized spacial score (nSPS) is 10.0. The van der Waals surface area contributed by atoms with Crippen LogP contribution >= 0.6 is 0 Å². The molecule has 0 amide bonds. The Kier molecular flexibility index (Phi) is 5.07. The highest BCUT2D eigenvalue weighted by atomic mass is 16.6. The molecule has 1 heterocycles. The fourth-order valence-electron chi connectivity index (χ4n) is 2.06. The van der Waals surface area contributed by atoms with Crippen molar-refractivity contribution in [2.24, 2.45) is 0 Å². The number of ether oxygens (including phenoxy) is 2. The van der Waals surface area contributed by atoms with Gasteiger partial charge >= 0.3 is 5.97 Å². The molecule has 0 aliphatic rings. The van der Waals surface area contributed by atoms with Gasteiger partial charge in [0.1, 0.15) is 5.75 Å². The van der Waals surface area contributed by atoms with E-state index in [2.05, 4.69) is 4.98 Å². The number of carbonyl (C=O) groups is 1. The van der Waals surface area contributed by atoms with Crippen LogP contribution in [0.25, 0.3) is 11.3 Å². The second-order valence-electron chi connectivity index (χ2n) is 5.07. The Bertz CT molecular complexity index is 880. The molecule has 0 bridgehead atoms. The molecule has 0 saturated carbocycles. The molecule has 0 radical (unpaired) electrons. The van der Waals surface area contributed by atoms with Gasteiger partial charge in [0.15, 0.2) is 19.0 Å². The zero-order chi connectivity index (χ0) is 17.5. The Morgan fingerprint density at radius 2 is 1.88 bits per heavy atom. The maximum absolute atomic E-state index is 11.7. The molecule has 25 heavy (non-hydrogen) atoms. The molecule has 0 aliphatic heterocycles. The average molecular weight is 334 g/mol. The summed E-state index contributed by atoms with van der Waals surface area (Å²) in [5.74, 6) is 0.869. The number of esters is 1. The van der Waals surface area contributed by atoms with Gasteiger partial charge in [-0.15, -0.1) is 0 Å².